The van der Waals surface area contributed by atoms with Crippen molar-refractivity contribution in [3.63, 3.8) is 0 Å². The van der Waals surface area contributed by atoms with Crippen LogP contribution in [-0.2, 0) is 32.5 Å². The minimum atomic E-state index is -0.512. The highest BCUT2D eigenvalue weighted by molar-refractivity contribution is 6.00. The molecule has 2 aliphatic heterocycles. The first-order valence-corrected chi connectivity index (χ1v) is 24.6. The zero-order valence-corrected chi connectivity index (χ0v) is 44.7. The predicted molar refractivity (Wildman–Crippen MR) is 286 cm³/mol. The minimum Gasteiger partial charge on any atom is -0.291 e. The molecule has 70 heavy (non-hydrogen) atoms. The molecule has 4 nitrogen and oxygen atoms in total. The number of hydrogen-bond acceptors (Lipinski definition) is 4. The van der Waals surface area contributed by atoms with Crippen LogP contribution in [0.15, 0.2) is 121 Å². The van der Waals surface area contributed by atoms with E-state index < -0.39 is 34.1 Å². The third-order valence-electron chi connectivity index (χ3n) is 13.8. The summed E-state index contributed by atoms with van der Waals surface area (Å²) in [7, 11) is 0. The second-order valence-electron chi connectivity index (χ2n) is 25.6. The van der Waals surface area contributed by atoms with E-state index in [0.29, 0.717) is 56.9 Å². The van der Waals surface area contributed by atoms with E-state index >= 15 is 17.6 Å². The van der Waals surface area contributed by atoms with Crippen molar-refractivity contribution in [2.24, 2.45) is 0 Å². The Labute approximate surface area is 415 Å². The summed E-state index contributed by atoms with van der Waals surface area (Å²) in [6.07, 6.45) is 0. The molecule has 0 aromatic heterocycles. The summed E-state index contributed by atoms with van der Waals surface area (Å²) < 4.78 is 69.3. The second-order valence-corrected chi connectivity index (χ2v) is 25.6. The van der Waals surface area contributed by atoms with Crippen LogP contribution in [0.1, 0.15) is 158 Å². The molecular formula is C62H72F4N4. The van der Waals surface area contributed by atoms with Gasteiger partial charge in [-0.3, -0.25) is 19.6 Å². The molecule has 8 heteroatoms. The molecule has 2 aliphatic rings. The van der Waals surface area contributed by atoms with Crippen LogP contribution in [0.3, 0.4) is 0 Å². The first-order valence-electron chi connectivity index (χ1n) is 24.6. The van der Waals surface area contributed by atoms with E-state index in [1.54, 1.807) is 24.3 Å². The van der Waals surface area contributed by atoms with Gasteiger partial charge in [0, 0.05) is 0 Å². The molecule has 2 heterocycles. The fourth-order valence-corrected chi connectivity index (χ4v) is 9.60. The van der Waals surface area contributed by atoms with Gasteiger partial charge < -0.3 is 0 Å². The third kappa shape index (κ3) is 9.01. The van der Waals surface area contributed by atoms with Gasteiger partial charge in [0.05, 0.1) is 45.5 Å². The largest absolute Gasteiger partial charge is 0.291 e. The summed E-state index contributed by atoms with van der Waals surface area (Å²) in [5, 5.41) is 0. The summed E-state index contributed by atoms with van der Waals surface area (Å²) in [6.45, 7) is 37.0. The lowest BCUT2D eigenvalue weighted by atomic mass is 9.86. The molecule has 0 amide bonds. The number of nitrogens with zero attached hydrogens (tertiary/aromatic N) is 4. The molecule has 0 spiro atoms. The second kappa shape index (κ2) is 16.8. The molecule has 368 valence electrons. The molecule has 0 N–H and O–H groups in total. The third-order valence-corrected chi connectivity index (χ3v) is 13.8. The van der Waals surface area contributed by atoms with Gasteiger partial charge in [0.15, 0.2) is 11.6 Å². The van der Waals surface area contributed by atoms with E-state index in [0.717, 1.165) is 22.3 Å². The van der Waals surface area contributed by atoms with Crippen LogP contribution in [0.4, 0.5) is 63.1 Å². The van der Waals surface area contributed by atoms with Gasteiger partial charge in [-0.25, -0.2) is 17.6 Å². The highest BCUT2D eigenvalue weighted by Gasteiger charge is 2.47. The van der Waals surface area contributed by atoms with Crippen LogP contribution in [0.5, 0.6) is 0 Å². The van der Waals surface area contributed by atoms with Gasteiger partial charge in [-0.05, 0) is 139 Å². The van der Waals surface area contributed by atoms with Crippen LogP contribution in [0.25, 0.3) is 0 Å². The lowest BCUT2D eigenvalue weighted by Gasteiger charge is -2.35. The fourth-order valence-electron chi connectivity index (χ4n) is 9.60. The molecule has 0 saturated carbocycles. The molecule has 0 unspecified atom stereocenters. The first kappa shape index (κ1) is 50.4. The fraction of sp³-hybridized carbons (Fsp3) is 0.387. The van der Waals surface area contributed by atoms with Gasteiger partial charge in [0.1, 0.15) is 23.3 Å². The number of fused-ring (bicyclic) bond motifs is 2. The molecule has 0 bridgehead atoms. The molecule has 0 atom stereocenters. The molecular weight excluding hydrogens is 877 g/mol. The first-order chi connectivity index (χ1) is 32.2. The normalized spacial score (nSPS) is 15.9. The monoisotopic (exact) mass is 949 g/mol. The van der Waals surface area contributed by atoms with Gasteiger partial charge in [-0.1, -0.05) is 161 Å². The Morgan fingerprint density at radius 3 is 0.857 bits per heavy atom. The summed E-state index contributed by atoms with van der Waals surface area (Å²) in [5.41, 5.74) is 6.28. The van der Waals surface area contributed by atoms with Crippen molar-refractivity contribution >= 4 is 45.5 Å². The highest BCUT2D eigenvalue weighted by Crippen LogP contribution is 2.59. The molecule has 0 aliphatic carbocycles. The Hall–Kier alpha value is -6.02. The van der Waals surface area contributed by atoms with Crippen molar-refractivity contribution in [2.45, 2.75) is 157 Å². The van der Waals surface area contributed by atoms with Crippen molar-refractivity contribution in [2.75, 3.05) is 19.6 Å². The van der Waals surface area contributed by atoms with Crippen molar-refractivity contribution in [3.8, 4) is 0 Å². The van der Waals surface area contributed by atoms with E-state index in [2.05, 4.69) is 65.8 Å². The van der Waals surface area contributed by atoms with E-state index in [9.17, 15) is 0 Å². The van der Waals surface area contributed by atoms with Crippen molar-refractivity contribution in [3.05, 3.63) is 177 Å². The summed E-state index contributed by atoms with van der Waals surface area (Å²) in [6, 6.07) is 33.5. The van der Waals surface area contributed by atoms with E-state index in [4.69, 9.17) is 0 Å². The van der Waals surface area contributed by atoms with E-state index in [-0.39, 0.29) is 33.0 Å². The predicted octanol–water partition coefficient (Wildman–Crippen LogP) is 18.4. The minimum absolute atomic E-state index is 0.235. The summed E-state index contributed by atoms with van der Waals surface area (Å²) in [5.74, 6) is -0.970. The maximum Gasteiger partial charge on any atom is 0.166 e. The number of benzene rings is 6. The Morgan fingerprint density at radius 2 is 0.543 bits per heavy atom. The molecule has 0 saturated heterocycles. The molecule has 0 radical (unpaired) electrons. The maximum atomic E-state index is 17.7. The Kier molecular flexibility index (Phi) is 12.1. The molecule has 8 rings (SSSR count). The van der Waals surface area contributed by atoms with Crippen LogP contribution in [0.2, 0.25) is 0 Å². The van der Waals surface area contributed by atoms with Gasteiger partial charge in [0.25, 0.3) is 0 Å². The van der Waals surface area contributed by atoms with Crippen LogP contribution in [-0.4, -0.2) is 0 Å². The topological polar surface area (TPSA) is 13.0 Å². The molecule has 6 aromatic rings. The van der Waals surface area contributed by atoms with Gasteiger partial charge in [-0.2, -0.15) is 0 Å². The lowest BCUT2D eigenvalue weighted by Crippen LogP contribution is -2.34. The van der Waals surface area contributed by atoms with E-state index in [1.807, 2.05) is 157 Å². The Bertz CT molecular complexity index is 3070. The van der Waals surface area contributed by atoms with Gasteiger partial charge in [-0.15, -0.1) is 0 Å². The average Bonchev–Trinajstić information content (AvgIpc) is 3.73. The standard InChI is InChI=1S/C62H72F4N4/c1-57(2,3)37-19-27-49(47(65)31-37)69-52-30-22-39(59(7,8)9)33-53(52)68(42-24-26-44(46(64)36-42)62(16,17)18)56(69)55-67(41-23-25-43(45(63)35-41)61(13,14)15)51-29-21-40(60(10,11)12)34-54(51)70(55)50-28-20-38(32-48(50)66)58(4,5)6/h19-36H,1-18H3/b56-55-. The molecule has 0 fully saturated rings. The number of anilines is 8. The van der Waals surface area contributed by atoms with Crippen LogP contribution >= 0.6 is 0 Å². The summed E-state index contributed by atoms with van der Waals surface area (Å²) >= 11 is 0. The van der Waals surface area contributed by atoms with Crippen molar-refractivity contribution in [1.29, 1.82) is 0 Å². The average molecular weight is 949 g/mol. The Morgan fingerprint density at radius 1 is 0.257 bits per heavy atom. The van der Waals surface area contributed by atoms with E-state index in [1.165, 1.54) is 6.07 Å². The highest BCUT2D eigenvalue weighted by atomic mass is 19.1. The SMILES string of the molecule is CC(C)(C)c1ccc(N2/C(=C3/N(c4ccc(C(C)(C)C)c(F)c4)c4ccc(C(C)(C)C)cc4N3c3ccc(C(C)(C)C)cc3F)N(c3ccc(C(C)(C)C)c(F)c3)c3cc(C(C)(C)C)ccc32)c(F)c1. The number of hydrogen-bond donors (Lipinski definition) is 0. The zero-order valence-electron chi connectivity index (χ0n) is 44.7. The van der Waals surface area contributed by atoms with Gasteiger partial charge in [0.2, 0.25) is 0 Å². The van der Waals surface area contributed by atoms with Crippen LogP contribution < -0.4 is 19.6 Å². The van der Waals surface area contributed by atoms with Crippen molar-refractivity contribution in [1.82, 2.24) is 0 Å². The maximum absolute atomic E-state index is 17.7. The van der Waals surface area contributed by atoms with Crippen molar-refractivity contribution < 1.29 is 17.6 Å². The lowest BCUT2D eigenvalue weighted by molar-refractivity contribution is 0.522. The molecule has 6 aromatic carbocycles. The summed E-state index contributed by atoms with van der Waals surface area (Å²) in [4.78, 5) is 7.72. The smallest absolute Gasteiger partial charge is 0.166 e. The zero-order chi connectivity index (χ0) is 51.6. The van der Waals surface area contributed by atoms with Crippen LogP contribution in [0, 0.1) is 23.3 Å². The van der Waals surface area contributed by atoms with Gasteiger partial charge >= 0.3 is 0 Å². The number of rotatable bonds is 4. The Balaban J connectivity index is 1.62. The quantitative estimate of drug-likeness (QED) is 0.163. The number of halogens is 4.